The normalized spacial score (nSPS) is 11.1. The van der Waals surface area contributed by atoms with E-state index in [2.05, 4.69) is 4.98 Å². The van der Waals surface area contributed by atoms with Crippen molar-refractivity contribution in [1.82, 2.24) is 9.38 Å². The van der Waals surface area contributed by atoms with Crippen LogP contribution in [0.3, 0.4) is 0 Å². The van der Waals surface area contributed by atoms with E-state index in [4.69, 9.17) is 4.74 Å². The van der Waals surface area contributed by atoms with Gasteiger partial charge in [0.25, 0.3) is 0 Å². The molecule has 0 aliphatic heterocycles. The molecule has 2 heterocycles. The Labute approximate surface area is 74.6 Å². The van der Waals surface area contributed by atoms with Gasteiger partial charge in [-0.3, -0.25) is 4.40 Å². The van der Waals surface area contributed by atoms with Crippen molar-refractivity contribution in [3.05, 3.63) is 23.5 Å². The summed E-state index contributed by atoms with van der Waals surface area (Å²) < 4.78 is 7.26. The van der Waals surface area contributed by atoms with E-state index >= 15 is 0 Å². The average molecular weight is 182 g/mol. The molecule has 12 heavy (non-hydrogen) atoms. The number of thiazole rings is 1. The van der Waals surface area contributed by atoms with E-state index in [9.17, 15) is 0 Å². The third-order valence-electron chi connectivity index (χ3n) is 1.60. The lowest BCUT2D eigenvalue weighted by Gasteiger charge is -1.93. The van der Waals surface area contributed by atoms with Crippen molar-refractivity contribution in [2.45, 2.75) is 13.5 Å². The van der Waals surface area contributed by atoms with Gasteiger partial charge < -0.3 is 4.74 Å². The summed E-state index contributed by atoms with van der Waals surface area (Å²) in [5.41, 5.74) is 1.00. The second-order valence-electron chi connectivity index (χ2n) is 2.46. The number of rotatable bonds is 3. The highest BCUT2D eigenvalue weighted by molar-refractivity contribution is 7.15. The van der Waals surface area contributed by atoms with Crippen molar-refractivity contribution in [2.24, 2.45) is 0 Å². The molecule has 2 aromatic heterocycles. The zero-order valence-corrected chi connectivity index (χ0v) is 7.67. The summed E-state index contributed by atoms with van der Waals surface area (Å²) in [6, 6.07) is 0. The molecule has 0 atom stereocenters. The number of imidazole rings is 1. The van der Waals surface area contributed by atoms with E-state index in [1.807, 2.05) is 29.1 Å². The van der Waals surface area contributed by atoms with Gasteiger partial charge in [-0.25, -0.2) is 4.98 Å². The molecule has 0 aliphatic rings. The van der Waals surface area contributed by atoms with Gasteiger partial charge in [-0.15, -0.1) is 11.3 Å². The number of ether oxygens (including phenoxy) is 1. The summed E-state index contributed by atoms with van der Waals surface area (Å²) in [6.07, 6.45) is 4.00. The van der Waals surface area contributed by atoms with Crippen LogP contribution >= 0.6 is 11.3 Å². The summed E-state index contributed by atoms with van der Waals surface area (Å²) in [5.74, 6) is 0. The standard InChI is InChI=1S/C8H10N2OS/c1-2-11-6-7-5-10-3-4-12-8(10)9-7/h3-5H,2,6H2,1H3. The van der Waals surface area contributed by atoms with Crippen LogP contribution in [0.2, 0.25) is 0 Å². The molecule has 2 aromatic rings. The molecule has 2 rings (SSSR count). The summed E-state index contributed by atoms with van der Waals surface area (Å²) in [6.45, 7) is 3.34. The largest absolute Gasteiger partial charge is 0.375 e. The van der Waals surface area contributed by atoms with Crippen molar-refractivity contribution in [1.29, 1.82) is 0 Å². The monoisotopic (exact) mass is 182 g/mol. The Balaban J connectivity index is 2.21. The maximum atomic E-state index is 5.25. The van der Waals surface area contributed by atoms with Crippen LogP contribution in [0.15, 0.2) is 17.8 Å². The van der Waals surface area contributed by atoms with Crippen LogP contribution in [-0.2, 0) is 11.3 Å². The van der Waals surface area contributed by atoms with Gasteiger partial charge in [-0.1, -0.05) is 0 Å². The zero-order valence-electron chi connectivity index (χ0n) is 6.86. The fourth-order valence-electron chi connectivity index (χ4n) is 1.05. The van der Waals surface area contributed by atoms with E-state index in [1.165, 1.54) is 0 Å². The Bertz CT molecular complexity index is 337. The maximum Gasteiger partial charge on any atom is 0.193 e. The minimum absolute atomic E-state index is 0.616. The molecular formula is C8H10N2OS. The van der Waals surface area contributed by atoms with Crippen molar-refractivity contribution >= 4 is 16.3 Å². The van der Waals surface area contributed by atoms with Crippen molar-refractivity contribution in [2.75, 3.05) is 6.61 Å². The molecule has 0 spiro atoms. The lowest BCUT2D eigenvalue weighted by atomic mass is 10.5. The molecule has 0 saturated heterocycles. The van der Waals surface area contributed by atoms with E-state index in [1.54, 1.807) is 11.3 Å². The van der Waals surface area contributed by atoms with Crippen LogP contribution in [0.1, 0.15) is 12.6 Å². The van der Waals surface area contributed by atoms with Crippen LogP contribution in [-0.4, -0.2) is 16.0 Å². The Hall–Kier alpha value is -0.870. The fourth-order valence-corrected chi connectivity index (χ4v) is 1.77. The predicted octanol–water partition coefficient (Wildman–Crippen LogP) is 1.93. The number of fused-ring (bicyclic) bond motifs is 1. The number of aromatic nitrogens is 2. The van der Waals surface area contributed by atoms with Gasteiger partial charge in [0.1, 0.15) is 0 Å². The molecule has 0 aromatic carbocycles. The van der Waals surface area contributed by atoms with Crippen molar-refractivity contribution in [3.8, 4) is 0 Å². The molecule has 0 amide bonds. The summed E-state index contributed by atoms with van der Waals surface area (Å²) in [4.78, 5) is 5.40. The fraction of sp³-hybridized carbons (Fsp3) is 0.375. The Kier molecular flexibility index (Phi) is 2.10. The SMILES string of the molecule is CCOCc1cn2ccsc2n1. The van der Waals surface area contributed by atoms with Gasteiger partial charge >= 0.3 is 0 Å². The lowest BCUT2D eigenvalue weighted by Crippen LogP contribution is -1.90. The van der Waals surface area contributed by atoms with Crippen LogP contribution < -0.4 is 0 Å². The smallest absolute Gasteiger partial charge is 0.193 e. The van der Waals surface area contributed by atoms with E-state index < -0.39 is 0 Å². The van der Waals surface area contributed by atoms with Gasteiger partial charge in [0.05, 0.1) is 12.3 Å². The molecule has 0 aliphatic carbocycles. The Morgan fingerprint density at radius 2 is 2.58 bits per heavy atom. The first-order chi connectivity index (χ1) is 5.90. The zero-order chi connectivity index (χ0) is 8.39. The van der Waals surface area contributed by atoms with E-state index in [-0.39, 0.29) is 0 Å². The third kappa shape index (κ3) is 1.35. The summed E-state index contributed by atoms with van der Waals surface area (Å²) >= 11 is 1.64. The van der Waals surface area contributed by atoms with Crippen LogP contribution in [0.4, 0.5) is 0 Å². The van der Waals surface area contributed by atoms with Crippen molar-refractivity contribution < 1.29 is 4.74 Å². The molecule has 0 unspecified atom stereocenters. The quantitative estimate of drug-likeness (QED) is 0.725. The minimum atomic E-state index is 0.616. The molecule has 0 fully saturated rings. The van der Waals surface area contributed by atoms with E-state index in [0.29, 0.717) is 6.61 Å². The molecule has 0 N–H and O–H groups in total. The predicted molar refractivity (Wildman–Crippen MR) is 48.4 cm³/mol. The molecule has 4 heteroatoms. The molecule has 0 radical (unpaired) electrons. The molecule has 3 nitrogen and oxygen atoms in total. The van der Waals surface area contributed by atoms with Gasteiger partial charge in [-0.05, 0) is 6.92 Å². The Morgan fingerprint density at radius 1 is 1.67 bits per heavy atom. The first-order valence-corrected chi connectivity index (χ1v) is 4.77. The topological polar surface area (TPSA) is 26.5 Å². The third-order valence-corrected chi connectivity index (χ3v) is 2.37. The van der Waals surface area contributed by atoms with Crippen LogP contribution in [0.25, 0.3) is 4.96 Å². The first-order valence-electron chi connectivity index (χ1n) is 3.89. The lowest BCUT2D eigenvalue weighted by molar-refractivity contribution is 0.131. The van der Waals surface area contributed by atoms with Crippen molar-refractivity contribution in [3.63, 3.8) is 0 Å². The highest BCUT2D eigenvalue weighted by Gasteiger charge is 2.00. The second kappa shape index (κ2) is 3.25. The summed E-state index contributed by atoms with van der Waals surface area (Å²) in [7, 11) is 0. The number of hydrogen-bond donors (Lipinski definition) is 0. The Morgan fingerprint density at radius 3 is 3.33 bits per heavy atom. The van der Waals surface area contributed by atoms with Crippen LogP contribution in [0, 0.1) is 0 Å². The first kappa shape index (κ1) is 7.76. The average Bonchev–Trinajstić information content (AvgIpc) is 2.58. The second-order valence-corrected chi connectivity index (χ2v) is 3.34. The minimum Gasteiger partial charge on any atom is -0.375 e. The number of hydrogen-bond acceptors (Lipinski definition) is 3. The molecule has 64 valence electrons. The van der Waals surface area contributed by atoms with E-state index in [0.717, 1.165) is 17.3 Å². The molecule has 0 bridgehead atoms. The highest BCUT2D eigenvalue weighted by atomic mass is 32.1. The summed E-state index contributed by atoms with van der Waals surface area (Å²) in [5, 5.41) is 2.02. The van der Waals surface area contributed by atoms with Gasteiger partial charge in [0.15, 0.2) is 4.96 Å². The molecular weight excluding hydrogens is 172 g/mol. The molecule has 0 saturated carbocycles. The number of nitrogens with zero attached hydrogens (tertiary/aromatic N) is 2. The highest BCUT2D eigenvalue weighted by Crippen LogP contribution is 2.11. The van der Waals surface area contributed by atoms with Gasteiger partial charge in [0.2, 0.25) is 0 Å². The van der Waals surface area contributed by atoms with Gasteiger partial charge in [0, 0.05) is 24.4 Å². The maximum absolute atomic E-state index is 5.25. The van der Waals surface area contributed by atoms with Crippen LogP contribution in [0.5, 0.6) is 0 Å². The van der Waals surface area contributed by atoms with Gasteiger partial charge in [-0.2, -0.15) is 0 Å².